The van der Waals surface area contributed by atoms with Crippen molar-refractivity contribution in [2.45, 2.75) is 96.4 Å². The third kappa shape index (κ3) is 3.48. The summed E-state index contributed by atoms with van der Waals surface area (Å²) >= 11 is 0. The van der Waals surface area contributed by atoms with E-state index in [1.807, 2.05) is 0 Å². The second kappa shape index (κ2) is 5.92. The minimum Gasteiger partial charge on any atom is -0.372 e. The predicted molar refractivity (Wildman–Crippen MR) is 76.8 cm³/mol. The average Bonchev–Trinajstić information content (AvgIpc) is 2.89. The fourth-order valence-corrected chi connectivity index (χ4v) is 3.76. The van der Waals surface area contributed by atoms with Crippen LogP contribution >= 0.6 is 0 Å². The largest absolute Gasteiger partial charge is 0.372 e. The zero-order valence-electron chi connectivity index (χ0n) is 12.7. The van der Waals surface area contributed by atoms with Crippen LogP contribution in [0.15, 0.2) is 0 Å². The normalized spacial score (nSPS) is 30.2. The lowest BCUT2D eigenvalue weighted by molar-refractivity contribution is -0.0448. The molecule has 0 aromatic carbocycles. The molecule has 0 amide bonds. The maximum absolute atomic E-state index is 6.41. The summed E-state index contributed by atoms with van der Waals surface area (Å²) < 4.78 is 6.41. The predicted octanol–water partition coefficient (Wildman–Crippen LogP) is 3.89. The molecule has 2 heteroatoms. The molecule has 2 fully saturated rings. The molecule has 2 aliphatic rings. The summed E-state index contributed by atoms with van der Waals surface area (Å²) in [5.41, 5.74) is 0.305. The van der Waals surface area contributed by atoms with Gasteiger partial charge in [0.2, 0.25) is 0 Å². The molecule has 0 aromatic rings. The van der Waals surface area contributed by atoms with Gasteiger partial charge in [0.15, 0.2) is 0 Å². The lowest BCUT2D eigenvalue weighted by atomic mass is 9.93. The number of hydrogen-bond acceptors (Lipinski definition) is 2. The van der Waals surface area contributed by atoms with E-state index in [0.29, 0.717) is 29.7 Å². The Balaban J connectivity index is 1.76. The molecule has 2 nitrogen and oxygen atoms in total. The fraction of sp³-hybridized carbons (Fsp3) is 1.00. The van der Waals surface area contributed by atoms with E-state index >= 15 is 0 Å². The Morgan fingerprint density at radius 2 is 1.78 bits per heavy atom. The summed E-state index contributed by atoms with van der Waals surface area (Å²) in [5, 5.41) is 3.62. The topological polar surface area (TPSA) is 21.3 Å². The Morgan fingerprint density at radius 3 is 2.39 bits per heavy atom. The first-order valence-corrected chi connectivity index (χ1v) is 7.95. The molecule has 0 aromatic heterocycles. The summed E-state index contributed by atoms with van der Waals surface area (Å²) in [7, 11) is 0. The molecule has 3 atom stereocenters. The minimum absolute atomic E-state index is 0.305. The van der Waals surface area contributed by atoms with Gasteiger partial charge in [-0.25, -0.2) is 0 Å². The summed E-state index contributed by atoms with van der Waals surface area (Å²) in [6.45, 7) is 9.12. The molecule has 2 rings (SSSR count). The van der Waals surface area contributed by atoms with Crippen LogP contribution in [0.25, 0.3) is 0 Å². The monoisotopic (exact) mass is 253 g/mol. The lowest BCUT2D eigenvalue weighted by Crippen LogP contribution is -2.38. The molecule has 1 N–H and O–H groups in total. The van der Waals surface area contributed by atoms with E-state index in [1.54, 1.807) is 0 Å². The van der Waals surface area contributed by atoms with E-state index in [4.69, 9.17) is 4.74 Å². The first kappa shape index (κ1) is 14.3. The van der Waals surface area contributed by atoms with E-state index in [0.717, 1.165) is 0 Å². The van der Waals surface area contributed by atoms with E-state index in [2.05, 4.69) is 33.0 Å². The van der Waals surface area contributed by atoms with Gasteiger partial charge in [0.1, 0.15) is 0 Å². The molecule has 1 saturated heterocycles. The molecule has 1 aliphatic heterocycles. The van der Waals surface area contributed by atoms with Crippen molar-refractivity contribution in [2.24, 2.45) is 5.92 Å². The van der Waals surface area contributed by atoms with Crippen molar-refractivity contribution in [2.75, 3.05) is 0 Å². The first-order valence-electron chi connectivity index (χ1n) is 7.95. The van der Waals surface area contributed by atoms with E-state index < -0.39 is 0 Å². The lowest BCUT2D eigenvalue weighted by Gasteiger charge is -2.28. The Kier molecular flexibility index (Phi) is 4.71. The van der Waals surface area contributed by atoms with Crippen molar-refractivity contribution in [3.05, 3.63) is 0 Å². The molecule has 106 valence electrons. The van der Waals surface area contributed by atoms with Crippen molar-refractivity contribution in [3.8, 4) is 0 Å². The van der Waals surface area contributed by atoms with E-state index in [-0.39, 0.29) is 0 Å². The van der Waals surface area contributed by atoms with Crippen LogP contribution in [-0.4, -0.2) is 23.8 Å². The number of hydrogen-bond donors (Lipinski definition) is 1. The molecule has 3 unspecified atom stereocenters. The van der Waals surface area contributed by atoms with E-state index in [9.17, 15) is 0 Å². The Hall–Kier alpha value is -0.0800. The van der Waals surface area contributed by atoms with Crippen LogP contribution in [0.2, 0.25) is 0 Å². The van der Waals surface area contributed by atoms with Gasteiger partial charge in [0.25, 0.3) is 0 Å². The molecule has 0 radical (unpaired) electrons. The number of nitrogens with one attached hydrogen (secondary N) is 1. The van der Waals surface area contributed by atoms with Crippen LogP contribution in [0.1, 0.15) is 72.6 Å². The average molecular weight is 253 g/mol. The summed E-state index contributed by atoms with van der Waals surface area (Å²) in [4.78, 5) is 0. The number of ether oxygens (including phenoxy) is 1. The van der Waals surface area contributed by atoms with Gasteiger partial charge in [0.05, 0.1) is 11.7 Å². The minimum atomic E-state index is 0.305. The smallest absolute Gasteiger partial charge is 0.0687 e. The first-order chi connectivity index (χ1) is 8.51. The van der Waals surface area contributed by atoms with Crippen LogP contribution in [0.5, 0.6) is 0 Å². The summed E-state index contributed by atoms with van der Waals surface area (Å²) in [5.74, 6) is 0.703. The SMILES string of the molecule is CC(C)NC(C)C(C)CC1CCC2(CCCC2)O1. The quantitative estimate of drug-likeness (QED) is 0.802. The van der Waals surface area contributed by atoms with Gasteiger partial charge in [-0.15, -0.1) is 0 Å². The standard InChI is InChI=1S/C16H31NO/c1-12(2)17-14(4)13(3)11-15-7-10-16(18-15)8-5-6-9-16/h12-15,17H,5-11H2,1-4H3. The zero-order valence-corrected chi connectivity index (χ0v) is 12.7. The maximum atomic E-state index is 6.41. The zero-order chi connectivity index (χ0) is 13.2. The van der Waals surface area contributed by atoms with Crippen molar-refractivity contribution in [1.29, 1.82) is 0 Å². The highest BCUT2D eigenvalue weighted by Gasteiger charge is 2.42. The molecule has 18 heavy (non-hydrogen) atoms. The van der Waals surface area contributed by atoms with Gasteiger partial charge in [0, 0.05) is 12.1 Å². The number of rotatable bonds is 5. The van der Waals surface area contributed by atoms with Crippen LogP contribution in [0.3, 0.4) is 0 Å². The second-order valence-corrected chi connectivity index (χ2v) is 6.99. The van der Waals surface area contributed by atoms with Crippen molar-refractivity contribution in [3.63, 3.8) is 0 Å². The highest BCUT2D eigenvalue weighted by Crippen LogP contribution is 2.44. The Bertz CT molecular complexity index is 258. The van der Waals surface area contributed by atoms with Gasteiger partial charge < -0.3 is 10.1 Å². The van der Waals surface area contributed by atoms with Gasteiger partial charge >= 0.3 is 0 Å². The van der Waals surface area contributed by atoms with Gasteiger partial charge in [-0.1, -0.05) is 33.6 Å². The van der Waals surface area contributed by atoms with Gasteiger partial charge in [-0.3, -0.25) is 0 Å². The van der Waals surface area contributed by atoms with Crippen LogP contribution in [0.4, 0.5) is 0 Å². The Morgan fingerprint density at radius 1 is 1.11 bits per heavy atom. The molecule has 1 spiro atoms. The second-order valence-electron chi connectivity index (χ2n) is 6.99. The molecular formula is C16H31NO. The molecule has 0 bridgehead atoms. The third-order valence-electron chi connectivity index (χ3n) is 4.94. The van der Waals surface area contributed by atoms with Crippen LogP contribution in [-0.2, 0) is 4.74 Å². The van der Waals surface area contributed by atoms with Gasteiger partial charge in [-0.05, 0) is 44.9 Å². The van der Waals surface area contributed by atoms with E-state index in [1.165, 1.54) is 44.9 Å². The maximum Gasteiger partial charge on any atom is 0.0687 e. The van der Waals surface area contributed by atoms with Crippen molar-refractivity contribution >= 4 is 0 Å². The van der Waals surface area contributed by atoms with Crippen LogP contribution in [0, 0.1) is 5.92 Å². The summed E-state index contributed by atoms with van der Waals surface area (Å²) in [6.07, 6.45) is 9.75. The highest BCUT2D eigenvalue weighted by molar-refractivity contribution is 4.93. The highest BCUT2D eigenvalue weighted by atomic mass is 16.5. The molecule has 1 saturated carbocycles. The van der Waals surface area contributed by atoms with Crippen LogP contribution < -0.4 is 5.32 Å². The fourth-order valence-electron chi connectivity index (χ4n) is 3.76. The van der Waals surface area contributed by atoms with Gasteiger partial charge in [-0.2, -0.15) is 0 Å². The van der Waals surface area contributed by atoms with Crippen molar-refractivity contribution < 1.29 is 4.74 Å². The van der Waals surface area contributed by atoms with Crippen molar-refractivity contribution in [1.82, 2.24) is 5.32 Å². The summed E-state index contributed by atoms with van der Waals surface area (Å²) in [6, 6.07) is 1.17. The Labute approximate surface area is 113 Å². The molecule has 1 heterocycles. The third-order valence-corrected chi connectivity index (χ3v) is 4.94. The molecule has 1 aliphatic carbocycles. The molecular weight excluding hydrogens is 222 g/mol.